The number of fused-ring (bicyclic) bond motifs is 1. The van der Waals surface area contributed by atoms with E-state index in [2.05, 4.69) is 20.9 Å². The van der Waals surface area contributed by atoms with Crippen LogP contribution < -0.4 is 15.0 Å². The molecule has 0 amide bonds. The van der Waals surface area contributed by atoms with Gasteiger partial charge >= 0.3 is 0 Å². The van der Waals surface area contributed by atoms with Gasteiger partial charge in [0, 0.05) is 54.8 Å². The van der Waals surface area contributed by atoms with Gasteiger partial charge in [-0.05, 0) is 38.5 Å². The van der Waals surface area contributed by atoms with E-state index in [4.69, 9.17) is 14.5 Å². The number of rotatable bonds is 7. The molecule has 1 aliphatic heterocycles. The van der Waals surface area contributed by atoms with Gasteiger partial charge in [0.1, 0.15) is 17.3 Å². The Morgan fingerprint density at radius 1 is 1.10 bits per heavy atom. The Balaban J connectivity index is 1.57. The lowest BCUT2D eigenvalue weighted by Crippen LogP contribution is -2.35. The van der Waals surface area contributed by atoms with E-state index in [0.717, 1.165) is 47.0 Å². The van der Waals surface area contributed by atoms with Crippen molar-refractivity contribution in [2.45, 2.75) is 33.4 Å². The maximum absolute atomic E-state index is 12.6. The van der Waals surface area contributed by atoms with Crippen molar-refractivity contribution in [2.75, 3.05) is 19.8 Å². The molecule has 1 N–H and O–H groups in total. The molecule has 3 aromatic rings. The van der Waals surface area contributed by atoms with Crippen molar-refractivity contribution in [1.82, 2.24) is 19.9 Å². The SMILES string of the molecule is CCOc1ccc(CN2CCc3c(nc(-c4ccncc4)[nH]c3=O)C2)c(OCC)c1. The van der Waals surface area contributed by atoms with Crippen molar-refractivity contribution in [3.05, 3.63) is 69.9 Å². The highest BCUT2D eigenvalue weighted by molar-refractivity contribution is 5.54. The Labute approximate surface area is 175 Å². The second-order valence-electron chi connectivity index (χ2n) is 7.17. The van der Waals surface area contributed by atoms with Crippen molar-refractivity contribution < 1.29 is 9.47 Å². The van der Waals surface area contributed by atoms with Gasteiger partial charge in [-0.15, -0.1) is 0 Å². The number of aromatic nitrogens is 3. The molecule has 0 aliphatic carbocycles. The van der Waals surface area contributed by atoms with E-state index >= 15 is 0 Å². The normalized spacial score (nSPS) is 13.7. The first-order valence-electron chi connectivity index (χ1n) is 10.3. The summed E-state index contributed by atoms with van der Waals surface area (Å²) in [6, 6.07) is 9.67. The van der Waals surface area contributed by atoms with Crippen LogP contribution in [-0.2, 0) is 19.5 Å². The predicted molar refractivity (Wildman–Crippen MR) is 115 cm³/mol. The smallest absolute Gasteiger partial charge is 0.254 e. The lowest BCUT2D eigenvalue weighted by molar-refractivity contribution is 0.234. The number of nitrogens with one attached hydrogen (secondary N) is 1. The molecule has 0 atom stereocenters. The third-order valence-corrected chi connectivity index (χ3v) is 5.15. The Morgan fingerprint density at radius 2 is 1.90 bits per heavy atom. The molecule has 7 heteroatoms. The van der Waals surface area contributed by atoms with Crippen LogP contribution in [0.1, 0.15) is 30.7 Å². The van der Waals surface area contributed by atoms with Gasteiger partial charge in [-0.3, -0.25) is 14.7 Å². The van der Waals surface area contributed by atoms with Crippen molar-refractivity contribution in [3.63, 3.8) is 0 Å². The fourth-order valence-corrected chi connectivity index (χ4v) is 3.73. The average molecular weight is 406 g/mol. The molecule has 156 valence electrons. The summed E-state index contributed by atoms with van der Waals surface area (Å²) in [6.45, 7) is 7.30. The number of nitrogens with zero attached hydrogens (tertiary/aromatic N) is 3. The Bertz CT molecular complexity index is 1070. The minimum atomic E-state index is -0.0532. The van der Waals surface area contributed by atoms with E-state index in [1.54, 1.807) is 12.4 Å². The predicted octanol–water partition coefficient (Wildman–Crippen LogP) is 3.19. The highest BCUT2D eigenvalue weighted by Crippen LogP contribution is 2.28. The summed E-state index contributed by atoms with van der Waals surface area (Å²) in [5, 5.41) is 0. The summed E-state index contributed by atoms with van der Waals surface area (Å²) < 4.78 is 11.5. The second kappa shape index (κ2) is 9.09. The van der Waals surface area contributed by atoms with E-state index in [-0.39, 0.29) is 5.56 Å². The largest absolute Gasteiger partial charge is 0.494 e. The summed E-state index contributed by atoms with van der Waals surface area (Å²) >= 11 is 0. The molecule has 7 nitrogen and oxygen atoms in total. The number of hydrogen-bond donors (Lipinski definition) is 1. The van der Waals surface area contributed by atoms with E-state index in [1.165, 1.54) is 0 Å². The van der Waals surface area contributed by atoms with Gasteiger partial charge in [-0.25, -0.2) is 4.98 Å². The van der Waals surface area contributed by atoms with Crippen LogP contribution in [0, 0.1) is 0 Å². The molecule has 0 spiro atoms. The van der Waals surface area contributed by atoms with Crippen LogP contribution in [0.25, 0.3) is 11.4 Å². The first-order valence-corrected chi connectivity index (χ1v) is 10.3. The van der Waals surface area contributed by atoms with E-state index in [9.17, 15) is 4.79 Å². The number of hydrogen-bond acceptors (Lipinski definition) is 6. The molecule has 0 bridgehead atoms. The van der Waals surface area contributed by atoms with Gasteiger partial charge in [-0.1, -0.05) is 6.07 Å². The zero-order chi connectivity index (χ0) is 20.9. The van der Waals surface area contributed by atoms with Gasteiger partial charge in [0.15, 0.2) is 0 Å². The molecule has 4 rings (SSSR count). The topological polar surface area (TPSA) is 80.3 Å². The van der Waals surface area contributed by atoms with Crippen molar-refractivity contribution in [3.8, 4) is 22.9 Å². The third kappa shape index (κ3) is 4.36. The molecule has 1 aromatic carbocycles. The van der Waals surface area contributed by atoms with Crippen LogP contribution in [0.5, 0.6) is 11.5 Å². The van der Waals surface area contributed by atoms with Gasteiger partial charge in [-0.2, -0.15) is 0 Å². The van der Waals surface area contributed by atoms with Crippen LogP contribution in [0.2, 0.25) is 0 Å². The monoisotopic (exact) mass is 406 g/mol. The first kappa shape index (κ1) is 20.1. The standard InChI is InChI=1S/C23H26N4O3/c1-3-29-18-6-5-17(21(13-18)30-4-2)14-27-12-9-19-20(15-27)25-22(26-23(19)28)16-7-10-24-11-8-16/h5-8,10-11,13H,3-4,9,12,14-15H2,1-2H3,(H,25,26,28). The highest BCUT2D eigenvalue weighted by Gasteiger charge is 2.22. The molecular formula is C23H26N4O3. The first-order chi connectivity index (χ1) is 14.7. The summed E-state index contributed by atoms with van der Waals surface area (Å²) in [7, 11) is 0. The molecule has 1 aliphatic rings. The van der Waals surface area contributed by atoms with Crippen LogP contribution in [0.3, 0.4) is 0 Å². The molecule has 0 fully saturated rings. The molecule has 0 saturated carbocycles. The molecule has 30 heavy (non-hydrogen) atoms. The molecule has 2 aromatic heterocycles. The summed E-state index contributed by atoms with van der Waals surface area (Å²) in [6.07, 6.45) is 4.07. The Kier molecular flexibility index (Phi) is 6.09. The number of pyridine rings is 1. The van der Waals surface area contributed by atoms with Gasteiger partial charge in [0.25, 0.3) is 5.56 Å². The second-order valence-corrected chi connectivity index (χ2v) is 7.17. The van der Waals surface area contributed by atoms with Crippen LogP contribution in [0.4, 0.5) is 0 Å². The van der Waals surface area contributed by atoms with Crippen molar-refractivity contribution >= 4 is 0 Å². The summed E-state index contributed by atoms with van der Waals surface area (Å²) in [5.41, 5.74) is 3.51. The van der Waals surface area contributed by atoms with Gasteiger partial charge in [0.2, 0.25) is 0 Å². The van der Waals surface area contributed by atoms with Crippen LogP contribution in [-0.4, -0.2) is 39.6 Å². The van der Waals surface area contributed by atoms with Crippen molar-refractivity contribution in [2.24, 2.45) is 0 Å². The van der Waals surface area contributed by atoms with Crippen molar-refractivity contribution in [1.29, 1.82) is 0 Å². The number of aromatic amines is 1. The summed E-state index contributed by atoms with van der Waals surface area (Å²) in [4.78, 5) is 26.6. The van der Waals surface area contributed by atoms with E-state index in [0.29, 0.717) is 32.0 Å². The maximum atomic E-state index is 12.6. The van der Waals surface area contributed by atoms with Gasteiger partial charge in [0.05, 0.1) is 18.9 Å². The fraction of sp³-hybridized carbons (Fsp3) is 0.348. The lowest BCUT2D eigenvalue weighted by Gasteiger charge is -2.28. The molecule has 3 heterocycles. The Morgan fingerprint density at radius 3 is 2.67 bits per heavy atom. The zero-order valence-electron chi connectivity index (χ0n) is 17.4. The maximum Gasteiger partial charge on any atom is 0.254 e. The molecular weight excluding hydrogens is 380 g/mol. The summed E-state index contributed by atoms with van der Waals surface area (Å²) in [5.74, 6) is 2.23. The van der Waals surface area contributed by atoms with E-state index < -0.39 is 0 Å². The molecule has 0 unspecified atom stereocenters. The van der Waals surface area contributed by atoms with Gasteiger partial charge < -0.3 is 14.5 Å². The highest BCUT2D eigenvalue weighted by atomic mass is 16.5. The van der Waals surface area contributed by atoms with E-state index in [1.807, 2.05) is 38.1 Å². The molecule has 0 radical (unpaired) electrons. The number of H-pyrrole nitrogens is 1. The average Bonchev–Trinajstić information content (AvgIpc) is 2.76. The van der Waals surface area contributed by atoms with Crippen LogP contribution in [0.15, 0.2) is 47.5 Å². The zero-order valence-corrected chi connectivity index (χ0v) is 17.4. The fourth-order valence-electron chi connectivity index (χ4n) is 3.73. The quantitative estimate of drug-likeness (QED) is 0.649. The van der Waals surface area contributed by atoms with Crippen LogP contribution >= 0.6 is 0 Å². The molecule has 0 saturated heterocycles. The minimum absolute atomic E-state index is 0.0532. The number of ether oxygens (including phenoxy) is 2. The minimum Gasteiger partial charge on any atom is -0.494 e. The number of benzene rings is 1. The third-order valence-electron chi connectivity index (χ3n) is 5.15. The lowest BCUT2D eigenvalue weighted by atomic mass is 10.0. The Hall–Kier alpha value is -3.19.